The van der Waals surface area contributed by atoms with E-state index in [2.05, 4.69) is 33.1 Å². The summed E-state index contributed by atoms with van der Waals surface area (Å²) >= 11 is 1.03. The Balaban J connectivity index is 1.28. The number of rotatable bonds is 6. The first-order valence-electron chi connectivity index (χ1n) is 13.1. The Hall–Kier alpha value is -3.33. The van der Waals surface area contributed by atoms with E-state index in [0.29, 0.717) is 16.3 Å². The molecule has 0 bridgehead atoms. The quantitative estimate of drug-likeness (QED) is 0.546. The number of hydrogen-bond acceptors (Lipinski definition) is 8. The van der Waals surface area contributed by atoms with Crippen LogP contribution in [0, 0.1) is 29.3 Å². The minimum absolute atomic E-state index is 0.0706. The molecule has 3 aliphatic heterocycles. The Morgan fingerprint density at radius 1 is 1.21 bits per heavy atom. The predicted octanol–water partition coefficient (Wildman–Crippen LogP) is 1.88. The molecule has 2 aromatic rings. The molecular weight excluding hydrogens is 521 g/mol. The number of ketones is 1. The van der Waals surface area contributed by atoms with Gasteiger partial charge in [0.15, 0.2) is 10.9 Å². The van der Waals surface area contributed by atoms with Crippen LogP contribution in [0.2, 0.25) is 0 Å². The van der Waals surface area contributed by atoms with Gasteiger partial charge in [-0.1, -0.05) is 43.2 Å². The van der Waals surface area contributed by atoms with Crippen molar-refractivity contribution in [3.8, 4) is 23.6 Å². The molecule has 3 aliphatic rings. The molecule has 11 heteroatoms. The van der Waals surface area contributed by atoms with Crippen molar-refractivity contribution in [1.29, 1.82) is 0 Å². The maximum absolute atomic E-state index is 14.8. The molecule has 1 aromatic carbocycles. The van der Waals surface area contributed by atoms with Crippen LogP contribution in [0.4, 0.5) is 9.52 Å². The van der Waals surface area contributed by atoms with Crippen LogP contribution in [0.1, 0.15) is 24.2 Å². The highest BCUT2D eigenvalue weighted by Crippen LogP contribution is 2.33. The topological polar surface area (TPSA) is 95.1 Å². The van der Waals surface area contributed by atoms with E-state index in [9.17, 15) is 18.8 Å². The number of likely N-dealkylation sites (N-methyl/N-ethyl adjacent to an activating group) is 1. The number of carbonyl (C=O) groups is 3. The van der Waals surface area contributed by atoms with Crippen LogP contribution in [0.25, 0.3) is 11.3 Å². The van der Waals surface area contributed by atoms with Crippen molar-refractivity contribution in [3.05, 3.63) is 35.0 Å². The highest BCUT2D eigenvalue weighted by atomic mass is 32.1. The molecule has 0 aliphatic carbocycles. The number of fused-ring (bicyclic) bond motifs is 1. The van der Waals surface area contributed by atoms with Gasteiger partial charge in [0.25, 0.3) is 5.91 Å². The second-order valence-corrected chi connectivity index (χ2v) is 11.6. The fourth-order valence-corrected chi connectivity index (χ4v) is 6.20. The van der Waals surface area contributed by atoms with E-state index in [1.807, 2.05) is 13.8 Å². The average molecular weight is 554 g/mol. The molecule has 0 saturated carbocycles. The van der Waals surface area contributed by atoms with Gasteiger partial charge >= 0.3 is 0 Å². The van der Waals surface area contributed by atoms with Crippen LogP contribution in [-0.2, 0) is 14.3 Å². The molecule has 1 aromatic heterocycles. The number of nitrogens with zero attached hydrogens (tertiary/aromatic N) is 4. The standard InChI is InChI=1S/C28H32FN5O4S/c1-5-17-14-34(23-20(35)15-38-24(17)23)27(37)21(16(2)3)30-26(36)19-8-6-18(7-9-19)22-25(29)39-28(31-22)33-12-10-32(4)11-13-33/h1,6-9,16-17,21,23-24H,10-15H2,2-4H3,(H,30,36)/t17-,21?,23-,24-/m1/s1. The number of likely N-dealkylation sites (tertiary alicyclic amines) is 1. The van der Waals surface area contributed by atoms with Crippen molar-refractivity contribution in [2.24, 2.45) is 11.8 Å². The van der Waals surface area contributed by atoms with Crippen molar-refractivity contribution in [2.75, 3.05) is 51.3 Å². The van der Waals surface area contributed by atoms with Crippen molar-refractivity contribution in [3.63, 3.8) is 0 Å². The van der Waals surface area contributed by atoms with Gasteiger partial charge in [0.2, 0.25) is 11.0 Å². The second-order valence-electron chi connectivity index (χ2n) is 10.6. The highest BCUT2D eigenvalue weighted by molar-refractivity contribution is 7.14. The Kier molecular flexibility index (Phi) is 7.71. The molecule has 0 spiro atoms. The van der Waals surface area contributed by atoms with Gasteiger partial charge in [-0.15, -0.1) is 6.42 Å². The van der Waals surface area contributed by atoms with Crippen molar-refractivity contribution >= 4 is 34.1 Å². The molecule has 3 saturated heterocycles. The lowest BCUT2D eigenvalue weighted by atomic mass is 10.0. The Morgan fingerprint density at radius 2 is 1.90 bits per heavy atom. The summed E-state index contributed by atoms with van der Waals surface area (Å²) in [6.45, 7) is 7.17. The van der Waals surface area contributed by atoms with Crippen molar-refractivity contribution < 1.29 is 23.5 Å². The number of thiazole rings is 1. The minimum Gasteiger partial charge on any atom is -0.366 e. The summed E-state index contributed by atoms with van der Waals surface area (Å²) < 4.78 is 20.4. The van der Waals surface area contributed by atoms with E-state index in [-0.39, 0.29) is 47.5 Å². The number of terminal acetylenes is 1. The Labute approximate surface area is 231 Å². The monoisotopic (exact) mass is 553 g/mol. The van der Waals surface area contributed by atoms with Crippen LogP contribution in [-0.4, -0.2) is 96.9 Å². The van der Waals surface area contributed by atoms with Crippen molar-refractivity contribution in [1.82, 2.24) is 20.1 Å². The van der Waals surface area contributed by atoms with Crippen LogP contribution in [0.5, 0.6) is 0 Å². The van der Waals surface area contributed by atoms with E-state index in [4.69, 9.17) is 11.2 Å². The van der Waals surface area contributed by atoms with Gasteiger partial charge in [-0.2, -0.15) is 4.39 Å². The average Bonchev–Trinajstić information content (AvgIpc) is 3.61. The fourth-order valence-electron chi connectivity index (χ4n) is 5.33. The van der Waals surface area contributed by atoms with E-state index < -0.39 is 24.1 Å². The molecule has 39 heavy (non-hydrogen) atoms. The summed E-state index contributed by atoms with van der Waals surface area (Å²) in [5, 5.41) is 3.11. The zero-order valence-corrected chi connectivity index (χ0v) is 23.0. The van der Waals surface area contributed by atoms with Gasteiger partial charge in [0, 0.05) is 43.9 Å². The third-order valence-corrected chi connectivity index (χ3v) is 8.57. The van der Waals surface area contributed by atoms with Gasteiger partial charge in [-0.3, -0.25) is 14.4 Å². The predicted molar refractivity (Wildman–Crippen MR) is 146 cm³/mol. The number of anilines is 1. The molecule has 4 atom stereocenters. The molecule has 1 N–H and O–H groups in total. The molecule has 5 rings (SSSR count). The number of benzene rings is 1. The number of Topliss-reactive ketones (excluding diaryl/α,β-unsaturated/α-hetero) is 1. The Morgan fingerprint density at radius 3 is 2.54 bits per heavy atom. The molecule has 0 radical (unpaired) electrons. The lowest BCUT2D eigenvalue weighted by Gasteiger charge is -2.31. The second kappa shape index (κ2) is 11.0. The van der Waals surface area contributed by atoms with E-state index in [1.54, 1.807) is 24.3 Å². The molecule has 3 fully saturated rings. The summed E-state index contributed by atoms with van der Waals surface area (Å²) in [4.78, 5) is 49.4. The number of aromatic nitrogens is 1. The summed E-state index contributed by atoms with van der Waals surface area (Å²) in [7, 11) is 2.06. The molecule has 206 valence electrons. The lowest BCUT2D eigenvalue weighted by molar-refractivity contribution is -0.139. The summed E-state index contributed by atoms with van der Waals surface area (Å²) in [6, 6.07) is 4.92. The SMILES string of the molecule is C#C[C@@H]1CN(C(=O)C(NC(=O)c2ccc(-c3nc(N4CCN(C)CC4)sc3F)cc2)C(C)C)[C@@H]2C(=O)CO[C@H]12. The van der Waals surface area contributed by atoms with Crippen LogP contribution in [0.3, 0.4) is 0 Å². The van der Waals surface area contributed by atoms with E-state index in [0.717, 1.165) is 37.5 Å². The largest absolute Gasteiger partial charge is 0.366 e. The zero-order valence-electron chi connectivity index (χ0n) is 22.2. The number of carbonyl (C=O) groups excluding carboxylic acids is 3. The van der Waals surface area contributed by atoms with Gasteiger partial charge in [0.05, 0.1) is 5.92 Å². The number of amides is 2. The first-order chi connectivity index (χ1) is 18.7. The third kappa shape index (κ3) is 5.29. The van der Waals surface area contributed by atoms with Crippen molar-refractivity contribution in [2.45, 2.75) is 32.0 Å². The van der Waals surface area contributed by atoms with Gasteiger partial charge < -0.3 is 24.8 Å². The number of halogens is 1. The highest BCUT2D eigenvalue weighted by Gasteiger charge is 2.52. The van der Waals surface area contributed by atoms with Gasteiger partial charge in [-0.25, -0.2) is 4.98 Å². The summed E-state index contributed by atoms with van der Waals surface area (Å²) in [5.41, 5.74) is 1.15. The molecule has 4 heterocycles. The summed E-state index contributed by atoms with van der Waals surface area (Å²) in [6.07, 6.45) is 5.11. The number of hydrogen-bond donors (Lipinski definition) is 1. The van der Waals surface area contributed by atoms with Crippen LogP contribution < -0.4 is 10.2 Å². The molecule has 1 unspecified atom stereocenters. The number of piperazine rings is 1. The molecule has 2 amide bonds. The van der Waals surface area contributed by atoms with E-state index in [1.165, 1.54) is 4.90 Å². The fraction of sp³-hybridized carbons (Fsp3) is 0.500. The normalized spacial score (nSPS) is 24.1. The maximum Gasteiger partial charge on any atom is 0.251 e. The first kappa shape index (κ1) is 27.2. The number of ether oxygens (including phenoxy) is 1. The lowest BCUT2D eigenvalue weighted by Crippen LogP contribution is -2.54. The number of nitrogens with one attached hydrogen (secondary N) is 1. The van der Waals surface area contributed by atoms with Gasteiger partial charge in [-0.05, 0) is 25.1 Å². The summed E-state index contributed by atoms with van der Waals surface area (Å²) in [5.74, 6) is 1.04. The zero-order chi connectivity index (χ0) is 27.8. The minimum atomic E-state index is -0.857. The maximum atomic E-state index is 14.8. The van der Waals surface area contributed by atoms with Gasteiger partial charge in [0.1, 0.15) is 30.5 Å². The molecule has 9 nitrogen and oxygen atoms in total. The molecular formula is C28H32FN5O4S. The smallest absolute Gasteiger partial charge is 0.251 e. The first-order valence-corrected chi connectivity index (χ1v) is 13.9. The third-order valence-electron chi connectivity index (χ3n) is 7.67. The van der Waals surface area contributed by atoms with Crippen LogP contribution >= 0.6 is 11.3 Å². The van der Waals surface area contributed by atoms with Crippen LogP contribution in [0.15, 0.2) is 24.3 Å². The van der Waals surface area contributed by atoms with E-state index >= 15 is 0 Å². The Bertz CT molecular complexity index is 1300.